The topological polar surface area (TPSA) is 107 Å². The third-order valence-electron chi connectivity index (χ3n) is 0.833. The molecule has 0 fully saturated rings. The second kappa shape index (κ2) is 3.80. The van der Waals surface area contributed by atoms with Gasteiger partial charge in [-0.1, -0.05) is 0 Å². The number of hydrogen-bond acceptors (Lipinski definition) is 4. The normalized spacial score (nSPS) is 12.5. The minimum atomic E-state index is -1.43. The van der Waals surface area contributed by atoms with Crippen LogP contribution in [0, 0.1) is 0 Å². The van der Waals surface area contributed by atoms with Gasteiger partial charge in [0.25, 0.3) is 0 Å². The van der Waals surface area contributed by atoms with E-state index in [0.717, 1.165) is 0 Å². The van der Waals surface area contributed by atoms with Crippen LogP contribution < -0.4 is 5.48 Å². The third kappa shape index (κ3) is 3.00. The van der Waals surface area contributed by atoms with Crippen LogP contribution in [0.25, 0.3) is 0 Å². The van der Waals surface area contributed by atoms with Crippen LogP contribution in [-0.4, -0.2) is 33.4 Å². The van der Waals surface area contributed by atoms with Gasteiger partial charge in [-0.2, -0.15) is 5.48 Å². The Labute approximate surface area is 56.0 Å². The van der Waals surface area contributed by atoms with Gasteiger partial charge in [-0.05, 0) is 0 Å². The molecule has 0 unspecified atom stereocenters. The lowest BCUT2D eigenvalue weighted by molar-refractivity contribution is -0.148. The first-order valence-electron chi connectivity index (χ1n) is 2.42. The predicted molar refractivity (Wildman–Crippen MR) is 28.6 cm³/mol. The predicted octanol–water partition coefficient (Wildman–Crippen LogP) is -1.11. The molecule has 0 rings (SSSR count). The molecule has 0 heterocycles. The summed E-state index contributed by atoms with van der Waals surface area (Å²) in [6, 6.07) is -1.43. The standard InChI is InChI=1S/C4H7NO5/c6-3(7)1-2(5-10)4(8)9/h2,5,10H,1H2,(H,6,7)(H,8,9)/t2-/m1/s1. The molecule has 0 saturated heterocycles. The van der Waals surface area contributed by atoms with Gasteiger partial charge in [0.15, 0.2) is 0 Å². The van der Waals surface area contributed by atoms with E-state index in [1.165, 1.54) is 5.48 Å². The Hall–Kier alpha value is -1.14. The van der Waals surface area contributed by atoms with E-state index in [-0.39, 0.29) is 0 Å². The maximum atomic E-state index is 9.98. The molecule has 6 nitrogen and oxygen atoms in total. The number of carboxylic acid groups (broad SMARTS) is 2. The van der Waals surface area contributed by atoms with E-state index in [9.17, 15) is 9.59 Å². The number of rotatable bonds is 4. The Balaban J connectivity index is 3.83. The molecule has 10 heavy (non-hydrogen) atoms. The van der Waals surface area contributed by atoms with Crippen molar-refractivity contribution in [2.45, 2.75) is 12.5 Å². The number of nitrogens with one attached hydrogen (secondary N) is 1. The summed E-state index contributed by atoms with van der Waals surface area (Å²) in [4.78, 5) is 19.8. The van der Waals surface area contributed by atoms with Crippen LogP contribution in [0.15, 0.2) is 0 Å². The SMILES string of the molecule is O=C(O)C[C@@H](NO)C(=O)O. The van der Waals surface area contributed by atoms with Crippen molar-refractivity contribution in [3.8, 4) is 0 Å². The van der Waals surface area contributed by atoms with E-state index in [1.807, 2.05) is 0 Å². The fraction of sp³-hybridized carbons (Fsp3) is 0.500. The summed E-state index contributed by atoms with van der Waals surface area (Å²) in [5.41, 5.74) is 1.35. The van der Waals surface area contributed by atoms with Crippen LogP contribution in [0.1, 0.15) is 6.42 Å². The number of carboxylic acids is 2. The van der Waals surface area contributed by atoms with E-state index >= 15 is 0 Å². The molecule has 0 aromatic carbocycles. The Morgan fingerprint density at radius 3 is 2.00 bits per heavy atom. The minimum absolute atomic E-state index is 0.647. The molecule has 0 aromatic heterocycles. The molecule has 0 aromatic rings. The van der Waals surface area contributed by atoms with E-state index in [1.54, 1.807) is 0 Å². The smallest absolute Gasteiger partial charge is 0.323 e. The average molecular weight is 149 g/mol. The van der Waals surface area contributed by atoms with E-state index < -0.39 is 24.4 Å². The molecule has 0 amide bonds. The Kier molecular flexibility index (Phi) is 3.37. The largest absolute Gasteiger partial charge is 0.481 e. The quantitative estimate of drug-likeness (QED) is 0.378. The Morgan fingerprint density at radius 1 is 1.40 bits per heavy atom. The van der Waals surface area contributed by atoms with Crippen LogP contribution in [-0.2, 0) is 9.59 Å². The second-order valence-corrected chi connectivity index (χ2v) is 1.62. The molecule has 0 spiro atoms. The summed E-state index contributed by atoms with van der Waals surface area (Å²) >= 11 is 0. The maximum absolute atomic E-state index is 9.98. The van der Waals surface area contributed by atoms with Crippen molar-refractivity contribution in [2.24, 2.45) is 0 Å². The van der Waals surface area contributed by atoms with Gasteiger partial charge in [-0.3, -0.25) is 9.59 Å². The third-order valence-corrected chi connectivity index (χ3v) is 0.833. The summed E-state index contributed by atoms with van der Waals surface area (Å²) in [6.07, 6.45) is -0.647. The zero-order chi connectivity index (χ0) is 8.15. The highest BCUT2D eigenvalue weighted by molar-refractivity contribution is 5.80. The minimum Gasteiger partial charge on any atom is -0.481 e. The molecule has 58 valence electrons. The summed E-state index contributed by atoms with van der Waals surface area (Å²) in [5.74, 6) is -2.68. The Morgan fingerprint density at radius 2 is 1.90 bits per heavy atom. The van der Waals surface area contributed by atoms with Crippen LogP contribution in [0.3, 0.4) is 0 Å². The van der Waals surface area contributed by atoms with Crippen molar-refractivity contribution < 1.29 is 25.0 Å². The first-order chi connectivity index (χ1) is 4.57. The first kappa shape index (κ1) is 8.86. The molecule has 1 atom stereocenters. The highest BCUT2D eigenvalue weighted by Gasteiger charge is 2.18. The molecule has 0 aliphatic rings. The van der Waals surface area contributed by atoms with Crippen molar-refractivity contribution in [3.63, 3.8) is 0 Å². The molecular weight excluding hydrogens is 142 g/mol. The lowest BCUT2D eigenvalue weighted by Crippen LogP contribution is -2.36. The molecule has 4 N–H and O–H groups in total. The van der Waals surface area contributed by atoms with Crippen molar-refractivity contribution in [1.82, 2.24) is 5.48 Å². The van der Waals surface area contributed by atoms with Gasteiger partial charge in [0.05, 0.1) is 6.42 Å². The summed E-state index contributed by atoms with van der Waals surface area (Å²) in [6.45, 7) is 0. The van der Waals surface area contributed by atoms with Gasteiger partial charge in [0, 0.05) is 0 Å². The van der Waals surface area contributed by atoms with Gasteiger partial charge in [0.2, 0.25) is 0 Å². The molecule has 0 radical (unpaired) electrons. The zero-order valence-corrected chi connectivity index (χ0v) is 4.94. The number of hydroxylamine groups is 1. The van der Waals surface area contributed by atoms with Gasteiger partial charge in [-0.15, -0.1) is 0 Å². The van der Waals surface area contributed by atoms with Gasteiger partial charge in [-0.25, -0.2) is 0 Å². The number of carbonyl (C=O) groups is 2. The summed E-state index contributed by atoms with van der Waals surface area (Å²) in [7, 11) is 0. The van der Waals surface area contributed by atoms with Gasteiger partial charge in [0.1, 0.15) is 6.04 Å². The number of aliphatic carboxylic acids is 2. The summed E-state index contributed by atoms with van der Waals surface area (Å²) in [5, 5.41) is 24.2. The van der Waals surface area contributed by atoms with E-state index in [2.05, 4.69) is 0 Å². The lowest BCUT2D eigenvalue weighted by atomic mass is 10.2. The number of hydrogen-bond donors (Lipinski definition) is 4. The second-order valence-electron chi connectivity index (χ2n) is 1.62. The molecule has 0 aliphatic heterocycles. The van der Waals surface area contributed by atoms with Crippen molar-refractivity contribution in [1.29, 1.82) is 0 Å². The van der Waals surface area contributed by atoms with Crippen LogP contribution in [0.4, 0.5) is 0 Å². The van der Waals surface area contributed by atoms with Crippen molar-refractivity contribution in [2.75, 3.05) is 0 Å². The van der Waals surface area contributed by atoms with Crippen LogP contribution in [0.5, 0.6) is 0 Å². The highest BCUT2D eigenvalue weighted by atomic mass is 16.5. The molecule has 0 bridgehead atoms. The van der Waals surface area contributed by atoms with Crippen LogP contribution >= 0.6 is 0 Å². The molecule has 0 aliphatic carbocycles. The van der Waals surface area contributed by atoms with Gasteiger partial charge >= 0.3 is 11.9 Å². The first-order valence-corrected chi connectivity index (χ1v) is 2.42. The zero-order valence-electron chi connectivity index (χ0n) is 4.94. The lowest BCUT2D eigenvalue weighted by Gasteiger charge is -2.04. The highest BCUT2D eigenvalue weighted by Crippen LogP contribution is 1.89. The van der Waals surface area contributed by atoms with E-state index in [0.29, 0.717) is 0 Å². The van der Waals surface area contributed by atoms with E-state index in [4.69, 9.17) is 15.4 Å². The average Bonchev–Trinajstić information content (AvgIpc) is 1.81. The van der Waals surface area contributed by atoms with Gasteiger partial charge < -0.3 is 15.4 Å². The maximum Gasteiger partial charge on any atom is 0.323 e. The fourth-order valence-corrected chi connectivity index (χ4v) is 0.363. The monoisotopic (exact) mass is 149 g/mol. The molecule has 6 heteroatoms. The molecular formula is C4H7NO5. The van der Waals surface area contributed by atoms with Crippen LogP contribution in [0.2, 0.25) is 0 Å². The van der Waals surface area contributed by atoms with Crippen molar-refractivity contribution in [3.05, 3.63) is 0 Å². The summed E-state index contributed by atoms with van der Waals surface area (Å²) < 4.78 is 0. The molecule has 0 saturated carbocycles. The Bertz CT molecular complexity index is 145. The van der Waals surface area contributed by atoms with Crippen molar-refractivity contribution >= 4 is 11.9 Å². The fourth-order valence-electron chi connectivity index (χ4n) is 0.363.